The number of nitrogens with two attached hydrogens (primary N) is 1. The lowest BCUT2D eigenvalue weighted by atomic mass is 10.0. The van der Waals surface area contributed by atoms with Crippen LogP contribution in [0.4, 0.5) is 21.8 Å². The number of methoxy groups -OCH3 is 1. The largest absolute Gasteiger partial charge is 0.495 e. The smallest absolute Gasteiger partial charge is 0.229 e. The number of halogens is 1. The zero-order valence-corrected chi connectivity index (χ0v) is 18.3. The molecule has 0 radical (unpaired) electrons. The SMILES string of the molecule is COc1cc(C(C)C)c(Oc2cnc(Nc3ccc(F)cc3)nc2N)cc1S(C)(=O)=O. The third-order valence-electron chi connectivity index (χ3n) is 4.42. The Bertz CT molecular complexity index is 1200. The van der Waals surface area contributed by atoms with E-state index in [1.807, 2.05) is 13.8 Å². The molecule has 0 amide bonds. The van der Waals surface area contributed by atoms with Crippen molar-refractivity contribution in [3.63, 3.8) is 0 Å². The molecule has 0 saturated heterocycles. The first kappa shape index (κ1) is 22.3. The number of hydrogen-bond donors (Lipinski definition) is 2. The molecule has 10 heteroatoms. The first-order valence-electron chi connectivity index (χ1n) is 9.33. The third-order valence-corrected chi connectivity index (χ3v) is 5.54. The Kier molecular flexibility index (Phi) is 6.30. The highest BCUT2D eigenvalue weighted by Crippen LogP contribution is 2.39. The molecule has 0 unspecified atom stereocenters. The average molecular weight is 447 g/mol. The maximum atomic E-state index is 13.0. The Morgan fingerprint density at radius 2 is 1.77 bits per heavy atom. The lowest BCUT2D eigenvalue weighted by Crippen LogP contribution is -2.06. The summed E-state index contributed by atoms with van der Waals surface area (Å²) < 4.78 is 48.6. The molecule has 164 valence electrons. The summed E-state index contributed by atoms with van der Waals surface area (Å²) in [6, 6.07) is 8.74. The predicted octanol–water partition coefficient (Wildman–Crippen LogP) is 4.27. The van der Waals surface area contributed by atoms with Crippen molar-refractivity contribution in [3.05, 3.63) is 54.0 Å². The highest BCUT2D eigenvalue weighted by Gasteiger charge is 2.21. The second kappa shape index (κ2) is 8.76. The summed E-state index contributed by atoms with van der Waals surface area (Å²) in [6.45, 7) is 3.88. The molecule has 0 aliphatic carbocycles. The molecule has 1 heterocycles. The lowest BCUT2D eigenvalue weighted by molar-refractivity contribution is 0.398. The average Bonchev–Trinajstić information content (AvgIpc) is 2.70. The van der Waals surface area contributed by atoms with Crippen molar-refractivity contribution in [3.8, 4) is 17.2 Å². The van der Waals surface area contributed by atoms with Crippen molar-refractivity contribution in [1.29, 1.82) is 0 Å². The highest BCUT2D eigenvalue weighted by molar-refractivity contribution is 7.90. The van der Waals surface area contributed by atoms with Gasteiger partial charge < -0.3 is 20.5 Å². The molecule has 31 heavy (non-hydrogen) atoms. The van der Waals surface area contributed by atoms with Gasteiger partial charge >= 0.3 is 0 Å². The van der Waals surface area contributed by atoms with E-state index in [0.717, 1.165) is 11.8 Å². The van der Waals surface area contributed by atoms with Crippen LogP contribution in [0.3, 0.4) is 0 Å². The quantitative estimate of drug-likeness (QED) is 0.553. The van der Waals surface area contributed by atoms with Gasteiger partial charge in [-0.2, -0.15) is 4.98 Å². The summed E-state index contributed by atoms with van der Waals surface area (Å²) in [7, 11) is -2.15. The molecule has 3 aromatic rings. The number of anilines is 3. The van der Waals surface area contributed by atoms with E-state index in [9.17, 15) is 12.8 Å². The number of sulfone groups is 1. The number of hydrogen-bond acceptors (Lipinski definition) is 8. The minimum absolute atomic E-state index is 0.00323. The van der Waals surface area contributed by atoms with E-state index in [1.54, 1.807) is 6.07 Å². The molecule has 1 aromatic heterocycles. The van der Waals surface area contributed by atoms with E-state index in [2.05, 4.69) is 15.3 Å². The molecule has 0 saturated carbocycles. The van der Waals surface area contributed by atoms with Crippen LogP contribution in [-0.4, -0.2) is 31.8 Å². The molecule has 3 rings (SSSR count). The highest BCUT2D eigenvalue weighted by atomic mass is 32.2. The van der Waals surface area contributed by atoms with Crippen molar-refractivity contribution >= 4 is 27.3 Å². The van der Waals surface area contributed by atoms with Crippen LogP contribution in [0.15, 0.2) is 47.5 Å². The van der Waals surface area contributed by atoms with Crippen LogP contribution < -0.4 is 20.5 Å². The number of nitrogens with one attached hydrogen (secondary N) is 1. The normalized spacial score (nSPS) is 11.4. The van der Waals surface area contributed by atoms with Gasteiger partial charge in [0.1, 0.15) is 22.2 Å². The van der Waals surface area contributed by atoms with Gasteiger partial charge in [-0.05, 0) is 36.2 Å². The lowest BCUT2D eigenvalue weighted by Gasteiger charge is -2.18. The Morgan fingerprint density at radius 1 is 1.10 bits per heavy atom. The zero-order chi connectivity index (χ0) is 22.8. The monoisotopic (exact) mass is 446 g/mol. The summed E-state index contributed by atoms with van der Waals surface area (Å²) in [4.78, 5) is 8.33. The molecule has 0 atom stereocenters. The molecule has 2 aromatic carbocycles. The topological polar surface area (TPSA) is 116 Å². The van der Waals surface area contributed by atoms with Gasteiger partial charge in [-0.15, -0.1) is 0 Å². The molecular weight excluding hydrogens is 423 g/mol. The second-order valence-electron chi connectivity index (χ2n) is 7.14. The van der Waals surface area contributed by atoms with Crippen molar-refractivity contribution in [2.45, 2.75) is 24.7 Å². The van der Waals surface area contributed by atoms with Gasteiger partial charge in [-0.3, -0.25) is 0 Å². The molecular formula is C21H23FN4O4S. The molecule has 3 N–H and O–H groups in total. The molecule has 8 nitrogen and oxygen atoms in total. The van der Waals surface area contributed by atoms with Crippen LogP contribution in [0.2, 0.25) is 0 Å². The van der Waals surface area contributed by atoms with Crippen molar-refractivity contribution in [2.75, 3.05) is 24.4 Å². The summed E-state index contributed by atoms with van der Waals surface area (Å²) >= 11 is 0. The Hall–Kier alpha value is -3.40. The van der Waals surface area contributed by atoms with Gasteiger partial charge in [0.05, 0.1) is 13.3 Å². The predicted molar refractivity (Wildman–Crippen MR) is 116 cm³/mol. The zero-order valence-electron chi connectivity index (χ0n) is 17.5. The maximum absolute atomic E-state index is 13.0. The number of rotatable bonds is 7. The van der Waals surface area contributed by atoms with Crippen LogP contribution in [0.25, 0.3) is 0 Å². The van der Waals surface area contributed by atoms with E-state index in [1.165, 1.54) is 43.6 Å². The van der Waals surface area contributed by atoms with Gasteiger partial charge in [-0.1, -0.05) is 13.8 Å². The van der Waals surface area contributed by atoms with Crippen LogP contribution >= 0.6 is 0 Å². The number of aromatic nitrogens is 2. The summed E-state index contributed by atoms with van der Waals surface area (Å²) in [5.74, 6) is 0.615. The van der Waals surface area contributed by atoms with Crippen LogP contribution in [0, 0.1) is 5.82 Å². The molecule has 0 bridgehead atoms. The van der Waals surface area contributed by atoms with Crippen molar-refractivity contribution in [1.82, 2.24) is 9.97 Å². The van der Waals surface area contributed by atoms with Gasteiger partial charge in [0.15, 0.2) is 21.4 Å². The summed E-state index contributed by atoms with van der Waals surface area (Å²) in [6.07, 6.45) is 2.47. The number of nitrogens with zero attached hydrogens (tertiary/aromatic N) is 2. The van der Waals surface area contributed by atoms with Gasteiger partial charge in [0, 0.05) is 23.6 Å². The van der Waals surface area contributed by atoms with E-state index in [0.29, 0.717) is 11.4 Å². The molecule has 0 spiro atoms. The first-order chi connectivity index (χ1) is 14.6. The van der Waals surface area contributed by atoms with Gasteiger partial charge in [0.25, 0.3) is 0 Å². The fraction of sp³-hybridized carbons (Fsp3) is 0.238. The van der Waals surface area contributed by atoms with E-state index >= 15 is 0 Å². The molecule has 0 fully saturated rings. The number of ether oxygens (including phenoxy) is 2. The standard InChI is InChI=1S/C21H23FN4O4S/c1-12(2)15-9-17(29-3)19(31(4,27)28)10-16(15)30-18-11-24-21(26-20(18)23)25-14-7-5-13(22)6-8-14/h5-12H,1-4H3,(H3,23,24,25,26). The van der Waals surface area contributed by atoms with Gasteiger partial charge in [-0.25, -0.2) is 17.8 Å². The fourth-order valence-electron chi connectivity index (χ4n) is 2.85. The molecule has 0 aliphatic heterocycles. The van der Waals surface area contributed by atoms with Crippen molar-refractivity contribution in [2.24, 2.45) is 0 Å². The number of benzene rings is 2. The Balaban J connectivity index is 1.95. The third kappa shape index (κ3) is 5.21. The minimum atomic E-state index is -3.56. The van der Waals surface area contributed by atoms with Crippen LogP contribution in [0.1, 0.15) is 25.3 Å². The second-order valence-corrected chi connectivity index (χ2v) is 9.13. The summed E-state index contributed by atoms with van der Waals surface area (Å²) in [5.41, 5.74) is 7.36. The number of nitrogen functional groups attached to an aromatic ring is 1. The van der Waals surface area contributed by atoms with E-state index in [4.69, 9.17) is 15.2 Å². The fourth-order valence-corrected chi connectivity index (χ4v) is 3.68. The summed E-state index contributed by atoms with van der Waals surface area (Å²) in [5, 5.41) is 2.92. The van der Waals surface area contributed by atoms with E-state index in [-0.39, 0.29) is 39.9 Å². The van der Waals surface area contributed by atoms with E-state index < -0.39 is 9.84 Å². The Labute approximate surface area is 180 Å². The van der Waals surface area contributed by atoms with Crippen LogP contribution in [0.5, 0.6) is 17.2 Å². The molecule has 0 aliphatic rings. The van der Waals surface area contributed by atoms with Gasteiger partial charge in [0.2, 0.25) is 5.95 Å². The van der Waals surface area contributed by atoms with Crippen molar-refractivity contribution < 1.29 is 22.3 Å². The Morgan fingerprint density at radius 3 is 2.32 bits per heavy atom. The first-order valence-corrected chi connectivity index (χ1v) is 11.2. The maximum Gasteiger partial charge on any atom is 0.229 e. The minimum Gasteiger partial charge on any atom is -0.495 e. The van der Waals surface area contributed by atoms with Crippen LogP contribution in [-0.2, 0) is 9.84 Å².